The van der Waals surface area contributed by atoms with E-state index in [1.54, 1.807) is 6.92 Å². The monoisotopic (exact) mass is 196 g/mol. The first-order valence-electron chi connectivity index (χ1n) is 4.13. The van der Waals surface area contributed by atoms with Crippen molar-refractivity contribution in [3.63, 3.8) is 0 Å². The van der Waals surface area contributed by atoms with Crippen molar-refractivity contribution in [3.05, 3.63) is 23.2 Å². The molecule has 0 aromatic carbocycles. The number of primary amides is 1. The molecule has 0 aliphatic carbocycles. The van der Waals surface area contributed by atoms with Crippen LogP contribution in [0.5, 0.6) is 0 Å². The van der Waals surface area contributed by atoms with E-state index in [2.05, 4.69) is 5.32 Å². The molecule has 14 heavy (non-hydrogen) atoms. The lowest BCUT2D eigenvalue weighted by Gasteiger charge is -1.99. The highest BCUT2D eigenvalue weighted by Crippen LogP contribution is 2.16. The molecular formula is C9H12N2O3. The molecule has 1 rings (SSSR count). The van der Waals surface area contributed by atoms with Gasteiger partial charge in [-0.05, 0) is 6.92 Å². The molecule has 0 unspecified atom stereocenters. The number of nitrogens with two attached hydrogens (primary N) is 1. The van der Waals surface area contributed by atoms with Crippen molar-refractivity contribution in [1.82, 2.24) is 5.32 Å². The molecule has 1 heterocycles. The molecule has 0 radical (unpaired) electrons. The van der Waals surface area contributed by atoms with Gasteiger partial charge >= 0.3 is 0 Å². The fraction of sp³-hybridized carbons (Fsp3) is 0.333. The number of nitrogens with one attached hydrogen (secondary N) is 1. The summed E-state index contributed by atoms with van der Waals surface area (Å²) in [6.07, 6.45) is 1.34. The molecule has 0 fully saturated rings. The Kier molecular flexibility index (Phi) is 2.91. The Morgan fingerprint density at radius 2 is 2.21 bits per heavy atom. The van der Waals surface area contributed by atoms with E-state index in [-0.39, 0.29) is 12.3 Å². The summed E-state index contributed by atoms with van der Waals surface area (Å²) < 4.78 is 5.05. The van der Waals surface area contributed by atoms with E-state index >= 15 is 0 Å². The van der Waals surface area contributed by atoms with Crippen molar-refractivity contribution in [2.45, 2.75) is 13.3 Å². The summed E-state index contributed by atoms with van der Waals surface area (Å²) in [7, 11) is 1.51. The third-order valence-electron chi connectivity index (χ3n) is 1.93. The van der Waals surface area contributed by atoms with Gasteiger partial charge in [-0.25, -0.2) is 0 Å². The lowest BCUT2D eigenvalue weighted by Crippen LogP contribution is -2.21. The summed E-state index contributed by atoms with van der Waals surface area (Å²) in [5.74, 6) is -0.222. The molecule has 0 saturated heterocycles. The summed E-state index contributed by atoms with van der Waals surface area (Å²) in [6, 6.07) is 0. The number of hydrogen-bond acceptors (Lipinski definition) is 3. The van der Waals surface area contributed by atoms with Crippen LogP contribution >= 0.6 is 0 Å². The second-order valence-electron chi connectivity index (χ2n) is 2.91. The van der Waals surface area contributed by atoms with Gasteiger partial charge in [0.05, 0.1) is 12.0 Å². The van der Waals surface area contributed by atoms with Crippen LogP contribution in [0.4, 0.5) is 0 Å². The molecule has 0 atom stereocenters. The number of hydrogen-bond donors (Lipinski definition) is 2. The Hall–Kier alpha value is -1.78. The fourth-order valence-electron chi connectivity index (χ4n) is 1.20. The van der Waals surface area contributed by atoms with E-state index in [9.17, 15) is 9.59 Å². The molecule has 76 valence electrons. The lowest BCUT2D eigenvalue weighted by atomic mass is 10.1. The van der Waals surface area contributed by atoms with Gasteiger partial charge in [0.15, 0.2) is 0 Å². The van der Waals surface area contributed by atoms with Gasteiger partial charge in [-0.2, -0.15) is 0 Å². The second-order valence-corrected chi connectivity index (χ2v) is 2.91. The standard InChI is InChI=1S/C9H12N2O3/c1-5-6(3-8(10)12)7(4-14-5)9(13)11-2/h4H,3H2,1-2H3,(H2,10,12)(H,11,13). The van der Waals surface area contributed by atoms with E-state index in [1.807, 2.05) is 0 Å². The Morgan fingerprint density at radius 1 is 1.57 bits per heavy atom. The summed E-state index contributed by atoms with van der Waals surface area (Å²) in [5, 5.41) is 2.46. The van der Waals surface area contributed by atoms with Crippen LogP contribution in [0.25, 0.3) is 0 Å². The molecule has 0 bridgehead atoms. The zero-order valence-corrected chi connectivity index (χ0v) is 8.09. The van der Waals surface area contributed by atoms with Gasteiger partial charge < -0.3 is 15.5 Å². The Morgan fingerprint density at radius 3 is 2.71 bits per heavy atom. The maximum absolute atomic E-state index is 11.3. The summed E-state index contributed by atoms with van der Waals surface area (Å²) in [4.78, 5) is 22.0. The second kappa shape index (κ2) is 3.95. The highest BCUT2D eigenvalue weighted by atomic mass is 16.3. The zero-order chi connectivity index (χ0) is 10.7. The predicted molar refractivity (Wildman–Crippen MR) is 49.7 cm³/mol. The Balaban J connectivity index is 3.05. The Labute approximate surface area is 81.3 Å². The number of carbonyl (C=O) groups excluding carboxylic acids is 2. The normalized spacial score (nSPS) is 9.86. The lowest BCUT2D eigenvalue weighted by molar-refractivity contribution is -0.117. The minimum Gasteiger partial charge on any atom is -0.468 e. The van der Waals surface area contributed by atoms with Crippen molar-refractivity contribution in [1.29, 1.82) is 0 Å². The largest absolute Gasteiger partial charge is 0.468 e. The van der Waals surface area contributed by atoms with Crippen LogP contribution in [0.3, 0.4) is 0 Å². The summed E-state index contributed by atoms with van der Waals surface area (Å²) >= 11 is 0. The van der Waals surface area contributed by atoms with Crippen molar-refractivity contribution in [3.8, 4) is 0 Å². The highest BCUT2D eigenvalue weighted by molar-refractivity contribution is 5.96. The first kappa shape index (κ1) is 10.3. The van der Waals surface area contributed by atoms with Crippen LogP contribution in [-0.4, -0.2) is 18.9 Å². The van der Waals surface area contributed by atoms with E-state index < -0.39 is 5.91 Å². The van der Waals surface area contributed by atoms with E-state index in [0.29, 0.717) is 16.9 Å². The van der Waals surface area contributed by atoms with Crippen LogP contribution < -0.4 is 11.1 Å². The van der Waals surface area contributed by atoms with Gasteiger partial charge in [-0.15, -0.1) is 0 Å². The predicted octanol–water partition coefficient (Wildman–Crippen LogP) is -0.0246. The van der Waals surface area contributed by atoms with E-state index in [1.165, 1.54) is 13.3 Å². The molecule has 5 nitrogen and oxygen atoms in total. The average Bonchev–Trinajstić information content (AvgIpc) is 2.46. The molecule has 1 aromatic rings. The highest BCUT2D eigenvalue weighted by Gasteiger charge is 2.17. The van der Waals surface area contributed by atoms with Crippen molar-refractivity contribution in [2.75, 3.05) is 7.05 Å². The minimum absolute atomic E-state index is 0.0189. The van der Waals surface area contributed by atoms with E-state index in [0.717, 1.165) is 0 Å². The maximum Gasteiger partial charge on any atom is 0.254 e. The number of aryl methyl sites for hydroxylation is 1. The molecule has 0 aliphatic rings. The zero-order valence-electron chi connectivity index (χ0n) is 8.09. The fourth-order valence-corrected chi connectivity index (χ4v) is 1.20. The third kappa shape index (κ3) is 1.93. The number of rotatable bonds is 3. The van der Waals surface area contributed by atoms with Crippen LogP contribution in [0.2, 0.25) is 0 Å². The van der Waals surface area contributed by atoms with Crippen LogP contribution in [0.15, 0.2) is 10.7 Å². The Bertz CT molecular complexity index is 368. The van der Waals surface area contributed by atoms with Crippen molar-refractivity contribution in [2.24, 2.45) is 5.73 Å². The molecule has 2 amide bonds. The van der Waals surface area contributed by atoms with Gasteiger partial charge in [-0.1, -0.05) is 0 Å². The molecular weight excluding hydrogens is 184 g/mol. The molecule has 5 heteroatoms. The quantitative estimate of drug-likeness (QED) is 0.712. The first-order chi connectivity index (χ1) is 6.56. The number of furan rings is 1. The van der Waals surface area contributed by atoms with Gasteiger partial charge in [0.1, 0.15) is 12.0 Å². The van der Waals surface area contributed by atoms with Crippen molar-refractivity contribution >= 4 is 11.8 Å². The molecule has 1 aromatic heterocycles. The first-order valence-corrected chi connectivity index (χ1v) is 4.13. The molecule has 0 aliphatic heterocycles. The van der Waals surface area contributed by atoms with Gasteiger partial charge in [0.2, 0.25) is 5.91 Å². The number of amides is 2. The minimum atomic E-state index is -0.486. The topological polar surface area (TPSA) is 85.3 Å². The SMILES string of the molecule is CNC(=O)c1coc(C)c1CC(N)=O. The maximum atomic E-state index is 11.3. The molecule has 0 spiro atoms. The third-order valence-corrected chi connectivity index (χ3v) is 1.93. The van der Waals surface area contributed by atoms with Gasteiger partial charge in [0.25, 0.3) is 5.91 Å². The summed E-state index contributed by atoms with van der Waals surface area (Å²) in [5.41, 5.74) is 5.97. The van der Waals surface area contributed by atoms with Gasteiger partial charge in [-0.3, -0.25) is 9.59 Å². The van der Waals surface area contributed by atoms with Crippen LogP contribution in [0.1, 0.15) is 21.7 Å². The number of carbonyl (C=O) groups is 2. The van der Waals surface area contributed by atoms with Crippen LogP contribution in [-0.2, 0) is 11.2 Å². The summed E-state index contributed by atoms with van der Waals surface area (Å²) in [6.45, 7) is 1.69. The van der Waals surface area contributed by atoms with Crippen LogP contribution in [0, 0.1) is 6.92 Å². The molecule has 3 N–H and O–H groups in total. The van der Waals surface area contributed by atoms with Gasteiger partial charge in [0, 0.05) is 12.6 Å². The van der Waals surface area contributed by atoms with Crippen molar-refractivity contribution < 1.29 is 14.0 Å². The molecule has 0 saturated carbocycles. The van der Waals surface area contributed by atoms with E-state index in [4.69, 9.17) is 10.2 Å². The average molecular weight is 196 g/mol. The smallest absolute Gasteiger partial charge is 0.254 e.